The molecule has 5 heteroatoms. The number of carbonyl (C=O) groups is 1. The molecule has 1 amide bonds. The molecule has 0 atom stereocenters. The van der Waals surface area contributed by atoms with Crippen molar-refractivity contribution in [2.45, 2.75) is 44.8 Å². The fraction of sp³-hybridized carbons (Fsp3) is 0.588. The SMILES string of the molecule is Cc1cc(OCC(=O)NCCSC2CCCC2)cc(C)c1Br. The first-order chi connectivity index (χ1) is 10.6. The number of ether oxygens (including phenoxy) is 1. The Hall–Kier alpha value is -0.680. The summed E-state index contributed by atoms with van der Waals surface area (Å²) >= 11 is 5.51. The zero-order valence-corrected chi connectivity index (χ0v) is 15.7. The molecule has 1 aromatic rings. The summed E-state index contributed by atoms with van der Waals surface area (Å²) < 4.78 is 6.67. The smallest absolute Gasteiger partial charge is 0.257 e. The Morgan fingerprint density at radius 2 is 1.95 bits per heavy atom. The van der Waals surface area contributed by atoms with E-state index in [1.807, 2.05) is 37.7 Å². The lowest BCUT2D eigenvalue weighted by Crippen LogP contribution is -2.30. The summed E-state index contributed by atoms with van der Waals surface area (Å²) in [5, 5.41) is 3.73. The molecular weight excluding hydrogens is 362 g/mol. The third kappa shape index (κ3) is 5.51. The van der Waals surface area contributed by atoms with E-state index in [0.717, 1.165) is 38.9 Å². The molecule has 0 unspecified atom stereocenters. The molecule has 3 nitrogen and oxygen atoms in total. The molecule has 0 saturated heterocycles. The van der Waals surface area contributed by atoms with Crippen LogP contribution in [0.2, 0.25) is 0 Å². The van der Waals surface area contributed by atoms with E-state index in [-0.39, 0.29) is 12.5 Å². The number of hydrogen-bond acceptors (Lipinski definition) is 3. The average molecular weight is 386 g/mol. The third-order valence-electron chi connectivity index (χ3n) is 3.86. The van der Waals surface area contributed by atoms with Gasteiger partial charge in [0, 0.05) is 22.0 Å². The number of amides is 1. The van der Waals surface area contributed by atoms with Crippen molar-refractivity contribution in [2.75, 3.05) is 18.9 Å². The highest BCUT2D eigenvalue weighted by molar-refractivity contribution is 9.10. The van der Waals surface area contributed by atoms with Gasteiger partial charge in [-0.05, 0) is 49.9 Å². The Labute approximate surface area is 145 Å². The van der Waals surface area contributed by atoms with Crippen molar-refractivity contribution in [1.29, 1.82) is 0 Å². The number of aryl methyl sites for hydroxylation is 2. The minimum absolute atomic E-state index is 0.0507. The molecule has 2 rings (SSSR count). The van der Waals surface area contributed by atoms with E-state index in [1.165, 1.54) is 25.7 Å². The first-order valence-corrected chi connectivity index (χ1v) is 9.68. The van der Waals surface area contributed by atoms with Gasteiger partial charge >= 0.3 is 0 Å². The van der Waals surface area contributed by atoms with E-state index in [9.17, 15) is 4.79 Å². The van der Waals surface area contributed by atoms with E-state index >= 15 is 0 Å². The highest BCUT2D eigenvalue weighted by Gasteiger charge is 2.14. The number of hydrogen-bond donors (Lipinski definition) is 1. The van der Waals surface area contributed by atoms with Crippen LogP contribution in [0.1, 0.15) is 36.8 Å². The minimum atomic E-state index is -0.0507. The molecule has 22 heavy (non-hydrogen) atoms. The zero-order valence-electron chi connectivity index (χ0n) is 13.3. The number of thioether (sulfide) groups is 1. The summed E-state index contributed by atoms with van der Waals surface area (Å²) in [6.45, 7) is 4.84. The van der Waals surface area contributed by atoms with Crippen LogP contribution < -0.4 is 10.1 Å². The standard InChI is InChI=1S/C17H24BrNO2S/c1-12-9-14(10-13(2)17(12)18)21-11-16(20)19-7-8-22-15-5-3-4-6-15/h9-10,15H,3-8,11H2,1-2H3,(H,19,20). The summed E-state index contributed by atoms with van der Waals surface area (Å²) in [4.78, 5) is 11.8. The van der Waals surface area contributed by atoms with E-state index in [2.05, 4.69) is 21.2 Å². The summed E-state index contributed by atoms with van der Waals surface area (Å²) in [6.07, 6.45) is 5.40. The topological polar surface area (TPSA) is 38.3 Å². The van der Waals surface area contributed by atoms with Crippen molar-refractivity contribution < 1.29 is 9.53 Å². The quantitative estimate of drug-likeness (QED) is 0.713. The Kier molecular flexibility index (Phi) is 7.09. The largest absolute Gasteiger partial charge is 0.484 e. The van der Waals surface area contributed by atoms with Gasteiger partial charge in [-0.15, -0.1) is 0 Å². The van der Waals surface area contributed by atoms with Crippen molar-refractivity contribution in [3.8, 4) is 5.75 Å². The fourth-order valence-electron chi connectivity index (χ4n) is 2.66. The van der Waals surface area contributed by atoms with E-state index in [1.54, 1.807) is 0 Å². The molecule has 1 aliphatic carbocycles. The second kappa shape index (κ2) is 8.82. The normalized spacial score (nSPS) is 15.0. The molecule has 0 heterocycles. The molecule has 1 aliphatic rings. The molecule has 0 spiro atoms. The minimum Gasteiger partial charge on any atom is -0.484 e. The van der Waals surface area contributed by atoms with Crippen molar-refractivity contribution in [1.82, 2.24) is 5.32 Å². The van der Waals surface area contributed by atoms with Crippen LogP contribution in [0.3, 0.4) is 0 Å². The Bertz CT molecular complexity index is 492. The average Bonchev–Trinajstić information content (AvgIpc) is 3.00. The van der Waals surface area contributed by atoms with Gasteiger partial charge < -0.3 is 10.1 Å². The van der Waals surface area contributed by atoms with Gasteiger partial charge in [-0.3, -0.25) is 4.79 Å². The van der Waals surface area contributed by atoms with Crippen molar-refractivity contribution in [2.24, 2.45) is 0 Å². The van der Waals surface area contributed by atoms with Crippen LogP contribution in [-0.4, -0.2) is 30.1 Å². The lowest BCUT2D eigenvalue weighted by atomic mass is 10.1. The molecule has 122 valence electrons. The summed E-state index contributed by atoms with van der Waals surface area (Å²) in [7, 11) is 0. The van der Waals surface area contributed by atoms with Crippen LogP contribution in [0.4, 0.5) is 0 Å². The molecule has 1 saturated carbocycles. The predicted octanol–water partition coefficient (Wildman–Crippen LogP) is 4.24. The zero-order chi connectivity index (χ0) is 15.9. The Morgan fingerprint density at radius 1 is 1.32 bits per heavy atom. The molecule has 1 fully saturated rings. The molecule has 0 bridgehead atoms. The van der Waals surface area contributed by atoms with Gasteiger partial charge in [0.2, 0.25) is 0 Å². The van der Waals surface area contributed by atoms with Crippen LogP contribution in [-0.2, 0) is 4.79 Å². The van der Waals surface area contributed by atoms with Gasteiger partial charge in [0.1, 0.15) is 5.75 Å². The first-order valence-electron chi connectivity index (χ1n) is 7.84. The lowest BCUT2D eigenvalue weighted by molar-refractivity contribution is -0.122. The number of nitrogens with one attached hydrogen (secondary N) is 1. The van der Waals surface area contributed by atoms with Crippen molar-refractivity contribution >= 4 is 33.6 Å². The summed E-state index contributed by atoms with van der Waals surface area (Å²) in [6, 6.07) is 3.89. The number of benzene rings is 1. The number of rotatable bonds is 7. The molecule has 0 radical (unpaired) electrons. The third-order valence-corrected chi connectivity index (χ3v) is 6.49. The van der Waals surface area contributed by atoms with Gasteiger partial charge in [0.25, 0.3) is 5.91 Å². The first kappa shape index (κ1) is 17.7. The van der Waals surface area contributed by atoms with Gasteiger partial charge in [-0.1, -0.05) is 28.8 Å². The lowest BCUT2D eigenvalue weighted by Gasteiger charge is -2.11. The van der Waals surface area contributed by atoms with Crippen LogP contribution in [0.5, 0.6) is 5.75 Å². The van der Waals surface area contributed by atoms with E-state index in [4.69, 9.17) is 4.74 Å². The van der Waals surface area contributed by atoms with Gasteiger partial charge in [0.05, 0.1) is 0 Å². The van der Waals surface area contributed by atoms with Crippen molar-refractivity contribution in [3.63, 3.8) is 0 Å². The highest BCUT2D eigenvalue weighted by Crippen LogP contribution is 2.29. The molecule has 0 aliphatic heterocycles. The van der Waals surface area contributed by atoms with Crippen LogP contribution in [0, 0.1) is 13.8 Å². The maximum absolute atomic E-state index is 11.8. The molecule has 1 aromatic carbocycles. The van der Waals surface area contributed by atoms with Crippen LogP contribution in [0.15, 0.2) is 16.6 Å². The van der Waals surface area contributed by atoms with Gasteiger partial charge in [-0.2, -0.15) is 11.8 Å². The maximum atomic E-state index is 11.8. The number of halogens is 1. The van der Waals surface area contributed by atoms with Crippen LogP contribution in [0.25, 0.3) is 0 Å². The predicted molar refractivity (Wildman–Crippen MR) is 96.8 cm³/mol. The Morgan fingerprint density at radius 3 is 2.59 bits per heavy atom. The van der Waals surface area contributed by atoms with Gasteiger partial charge in [0.15, 0.2) is 6.61 Å². The van der Waals surface area contributed by atoms with E-state index < -0.39 is 0 Å². The van der Waals surface area contributed by atoms with Crippen LogP contribution >= 0.6 is 27.7 Å². The maximum Gasteiger partial charge on any atom is 0.257 e. The van der Waals surface area contributed by atoms with E-state index in [0.29, 0.717) is 0 Å². The Balaban J connectivity index is 1.64. The number of carbonyl (C=O) groups excluding carboxylic acids is 1. The summed E-state index contributed by atoms with van der Waals surface area (Å²) in [5.41, 5.74) is 2.23. The summed E-state index contributed by atoms with van der Waals surface area (Å²) in [5.74, 6) is 1.69. The second-order valence-corrected chi connectivity index (χ2v) is 7.99. The molecule has 1 N–H and O–H groups in total. The highest BCUT2D eigenvalue weighted by atomic mass is 79.9. The molecule has 0 aromatic heterocycles. The fourth-order valence-corrected chi connectivity index (χ4v) is 4.11. The van der Waals surface area contributed by atoms with Gasteiger partial charge in [-0.25, -0.2) is 0 Å². The monoisotopic (exact) mass is 385 g/mol. The van der Waals surface area contributed by atoms with Crippen molar-refractivity contribution in [3.05, 3.63) is 27.7 Å². The molecular formula is C17H24BrNO2S. The second-order valence-electron chi connectivity index (χ2n) is 5.79.